The molecule has 1 unspecified atom stereocenters. The Morgan fingerprint density at radius 3 is 2.53 bits per heavy atom. The van der Waals surface area contributed by atoms with Crippen LogP contribution < -0.4 is 10.6 Å². The highest BCUT2D eigenvalue weighted by Crippen LogP contribution is 2.36. The van der Waals surface area contributed by atoms with Gasteiger partial charge >= 0.3 is 0 Å². The van der Waals surface area contributed by atoms with Crippen molar-refractivity contribution in [2.75, 3.05) is 11.4 Å². The van der Waals surface area contributed by atoms with Gasteiger partial charge in [0.1, 0.15) is 0 Å². The minimum absolute atomic E-state index is 0.00139. The van der Waals surface area contributed by atoms with E-state index in [2.05, 4.69) is 31.9 Å². The molecule has 1 aromatic rings. The number of amides is 1. The van der Waals surface area contributed by atoms with Gasteiger partial charge < -0.3 is 10.6 Å². The lowest BCUT2D eigenvalue weighted by Gasteiger charge is -2.32. The summed E-state index contributed by atoms with van der Waals surface area (Å²) in [5.74, 6) is 0.00139. The Balaban J connectivity index is 2.43. The third-order valence-electron chi connectivity index (χ3n) is 2.91. The Hall–Kier alpha value is -0.390. The predicted molar refractivity (Wildman–Crippen MR) is 76.1 cm³/mol. The van der Waals surface area contributed by atoms with Crippen molar-refractivity contribution in [3.63, 3.8) is 0 Å². The Morgan fingerprint density at radius 1 is 1.35 bits per heavy atom. The van der Waals surface area contributed by atoms with Crippen molar-refractivity contribution in [1.82, 2.24) is 0 Å². The van der Waals surface area contributed by atoms with Crippen LogP contribution >= 0.6 is 31.9 Å². The number of rotatable bonds is 1. The van der Waals surface area contributed by atoms with Gasteiger partial charge in [0.05, 0.1) is 11.7 Å². The van der Waals surface area contributed by atoms with E-state index < -0.39 is 0 Å². The van der Waals surface area contributed by atoms with Crippen LogP contribution in [0, 0.1) is 6.92 Å². The van der Waals surface area contributed by atoms with Crippen LogP contribution in [-0.4, -0.2) is 18.5 Å². The van der Waals surface area contributed by atoms with Gasteiger partial charge in [0.25, 0.3) is 0 Å². The zero-order valence-electron chi connectivity index (χ0n) is 9.54. The number of nitrogens with zero attached hydrogens (tertiary/aromatic N) is 1. The normalized spacial score (nSPS) is 20.8. The van der Waals surface area contributed by atoms with Crippen LogP contribution in [0.2, 0.25) is 0 Å². The van der Waals surface area contributed by atoms with Gasteiger partial charge in [0.2, 0.25) is 5.91 Å². The standard InChI is InChI=1S/C12H14Br2N2O/c1-7-5-8(13)11(9(14)6-7)16-4-2-3-10(15)12(16)17/h5-6,10H,2-4,15H2,1H3. The fraction of sp³-hybridized carbons (Fsp3) is 0.417. The first-order chi connectivity index (χ1) is 8.00. The van der Waals surface area contributed by atoms with Gasteiger partial charge in [-0.25, -0.2) is 0 Å². The van der Waals surface area contributed by atoms with Gasteiger partial charge in [-0.15, -0.1) is 0 Å². The summed E-state index contributed by atoms with van der Waals surface area (Å²) in [6, 6.07) is 3.64. The van der Waals surface area contributed by atoms with Crippen molar-refractivity contribution in [3.05, 3.63) is 26.6 Å². The summed E-state index contributed by atoms with van der Waals surface area (Å²) in [7, 11) is 0. The molecule has 1 fully saturated rings. The first kappa shape index (κ1) is 13.1. The third kappa shape index (κ3) is 2.56. The number of benzene rings is 1. The van der Waals surface area contributed by atoms with Crippen molar-refractivity contribution in [3.8, 4) is 0 Å². The van der Waals surface area contributed by atoms with E-state index in [1.807, 2.05) is 19.1 Å². The van der Waals surface area contributed by atoms with E-state index in [4.69, 9.17) is 5.73 Å². The zero-order valence-corrected chi connectivity index (χ0v) is 12.7. The quantitative estimate of drug-likeness (QED) is 0.835. The molecule has 92 valence electrons. The molecule has 1 aliphatic rings. The number of carbonyl (C=O) groups excluding carboxylic acids is 1. The Bertz CT molecular complexity index is 439. The molecule has 2 rings (SSSR count). The molecule has 1 atom stereocenters. The van der Waals surface area contributed by atoms with Crippen molar-refractivity contribution in [2.45, 2.75) is 25.8 Å². The van der Waals surface area contributed by atoms with Gasteiger partial charge in [-0.1, -0.05) is 0 Å². The first-order valence-electron chi connectivity index (χ1n) is 5.53. The highest BCUT2D eigenvalue weighted by atomic mass is 79.9. The van der Waals surface area contributed by atoms with E-state index in [1.165, 1.54) is 0 Å². The average molecular weight is 362 g/mol. The van der Waals surface area contributed by atoms with E-state index >= 15 is 0 Å². The average Bonchev–Trinajstić information content (AvgIpc) is 2.23. The molecule has 1 aromatic carbocycles. The molecule has 1 saturated heterocycles. The van der Waals surface area contributed by atoms with E-state index in [9.17, 15) is 4.79 Å². The van der Waals surface area contributed by atoms with E-state index in [0.717, 1.165) is 39.6 Å². The number of hydrogen-bond donors (Lipinski definition) is 1. The molecule has 0 saturated carbocycles. The predicted octanol–water partition coefficient (Wildman–Crippen LogP) is 2.97. The second kappa shape index (κ2) is 5.08. The number of carbonyl (C=O) groups is 1. The van der Waals surface area contributed by atoms with E-state index in [0.29, 0.717) is 0 Å². The van der Waals surface area contributed by atoms with Gasteiger partial charge in [-0.05, 0) is 69.3 Å². The molecule has 0 spiro atoms. The topological polar surface area (TPSA) is 46.3 Å². The summed E-state index contributed by atoms with van der Waals surface area (Å²) < 4.78 is 1.85. The fourth-order valence-corrected chi connectivity index (χ4v) is 3.92. The number of piperidine rings is 1. The van der Waals surface area contributed by atoms with Crippen LogP contribution in [0.5, 0.6) is 0 Å². The lowest BCUT2D eigenvalue weighted by atomic mass is 10.0. The minimum atomic E-state index is -0.371. The van der Waals surface area contributed by atoms with Crippen LogP contribution in [0.3, 0.4) is 0 Å². The minimum Gasteiger partial charge on any atom is -0.320 e. The molecule has 0 radical (unpaired) electrons. The molecule has 3 nitrogen and oxygen atoms in total. The molecule has 1 heterocycles. The van der Waals surface area contributed by atoms with E-state index in [-0.39, 0.29) is 11.9 Å². The zero-order chi connectivity index (χ0) is 12.6. The summed E-state index contributed by atoms with van der Waals surface area (Å²) >= 11 is 7.03. The molecule has 0 aliphatic carbocycles. The largest absolute Gasteiger partial charge is 0.320 e. The number of hydrogen-bond acceptors (Lipinski definition) is 2. The summed E-state index contributed by atoms with van der Waals surface area (Å²) in [6.45, 7) is 2.75. The van der Waals surface area contributed by atoms with Gasteiger partial charge in [-0.2, -0.15) is 0 Å². The fourth-order valence-electron chi connectivity index (χ4n) is 2.08. The number of anilines is 1. The number of aryl methyl sites for hydroxylation is 1. The lowest BCUT2D eigenvalue weighted by Crippen LogP contribution is -2.48. The highest BCUT2D eigenvalue weighted by Gasteiger charge is 2.29. The van der Waals surface area contributed by atoms with Crippen molar-refractivity contribution in [2.24, 2.45) is 5.73 Å². The summed E-state index contributed by atoms with van der Waals surface area (Å²) in [5, 5.41) is 0. The van der Waals surface area contributed by atoms with Crippen LogP contribution in [0.15, 0.2) is 21.1 Å². The van der Waals surface area contributed by atoms with Gasteiger partial charge in [-0.3, -0.25) is 4.79 Å². The lowest BCUT2D eigenvalue weighted by molar-refractivity contribution is -0.120. The Morgan fingerprint density at radius 2 is 1.94 bits per heavy atom. The van der Waals surface area contributed by atoms with Crippen LogP contribution in [0.25, 0.3) is 0 Å². The van der Waals surface area contributed by atoms with Crippen LogP contribution in [0.4, 0.5) is 5.69 Å². The van der Waals surface area contributed by atoms with Gasteiger partial charge in [0.15, 0.2) is 0 Å². The van der Waals surface area contributed by atoms with Crippen LogP contribution in [-0.2, 0) is 4.79 Å². The summed E-state index contributed by atoms with van der Waals surface area (Å²) in [6.07, 6.45) is 1.72. The molecule has 5 heteroatoms. The number of halogens is 2. The molecular formula is C12H14Br2N2O. The smallest absolute Gasteiger partial charge is 0.243 e. The Kier molecular flexibility index (Phi) is 3.90. The molecule has 0 bridgehead atoms. The molecule has 2 N–H and O–H groups in total. The van der Waals surface area contributed by atoms with Crippen molar-refractivity contribution < 1.29 is 4.79 Å². The first-order valence-corrected chi connectivity index (χ1v) is 7.12. The van der Waals surface area contributed by atoms with Crippen molar-refractivity contribution in [1.29, 1.82) is 0 Å². The molecule has 1 amide bonds. The molecule has 0 aromatic heterocycles. The monoisotopic (exact) mass is 360 g/mol. The maximum atomic E-state index is 12.1. The van der Waals surface area contributed by atoms with Crippen molar-refractivity contribution >= 4 is 43.5 Å². The summed E-state index contributed by atoms with van der Waals surface area (Å²) in [5.41, 5.74) is 7.84. The second-order valence-electron chi connectivity index (χ2n) is 4.32. The molecule has 17 heavy (non-hydrogen) atoms. The van der Waals surface area contributed by atoms with Crippen LogP contribution in [0.1, 0.15) is 18.4 Å². The Labute approximate surface area is 118 Å². The maximum Gasteiger partial charge on any atom is 0.243 e. The third-order valence-corrected chi connectivity index (χ3v) is 4.12. The van der Waals surface area contributed by atoms with E-state index in [1.54, 1.807) is 4.90 Å². The SMILES string of the molecule is Cc1cc(Br)c(N2CCCC(N)C2=O)c(Br)c1. The molecular weight excluding hydrogens is 348 g/mol. The summed E-state index contributed by atoms with van der Waals surface area (Å²) in [4.78, 5) is 13.8. The molecule has 1 aliphatic heterocycles. The highest BCUT2D eigenvalue weighted by molar-refractivity contribution is 9.11. The maximum absolute atomic E-state index is 12.1. The number of nitrogens with two attached hydrogens (primary N) is 1. The second-order valence-corrected chi connectivity index (χ2v) is 6.02. The van der Waals surface area contributed by atoms with Gasteiger partial charge in [0, 0.05) is 15.5 Å².